The third-order valence-corrected chi connectivity index (χ3v) is 6.33. The van der Waals surface area contributed by atoms with Crippen molar-refractivity contribution in [2.75, 3.05) is 44.1 Å². The molecule has 4 rings (SSSR count). The Morgan fingerprint density at radius 3 is 2.73 bits per heavy atom. The molecular weight excluding hydrogens is 541 g/mol. The second-order valence-corrected chi connectivity index (χ2v) is 10.9. The molecule has 0 radical (unpaired) electrons. The highest BCUT2D eigenvalue weighted by Gasteiger charge is 2.26. The lowest BCUT2D eigenvalue weighted by Crippen LogP contribution is -2.45. The molecule has 1 aromatic carbocycles. The van der Waals surface area contributed by atoms with Crippen LogP contribution in [0, 0.1) is 5.82 Å². The maximum Gasteiger partial charge on any atom is 0.413 e. The van der Waals surface area contributed by atoms with Crippen molar-refractivity contribution in [2.45, 2.75) is 32.4 Å². The van der Waals surface area contributed by atoms with Crippen molar-refractivity contribution in [2.24, 2.45) is 0 Å². The van der Waals surface area contributed by atoms with E-state index in [0.717, 1.165) is 17.4 Å². The number of carbonyl (C=O) groups is 2. The number of hydrogen-bond donors (Lipinski definition) is 1. The fraction of sp³-hybridized carbons (Fsp3) is 0.385. The van der Waals surface area contributed by atoms with Gasteiger partial charge in [-0.2, -0.15) is 15.0 Å². The van der Waals surface area contributed by atoms with E-state index in [-0.39, 0.29) is 46.2 Å². The number of nitrogens with zero attached hydrogens (tertiary/aromatic N) is 6. The van der Waals surface area contributed by atoms with Gasteiger partial charge in [0.1, 0.15) is 5.60 Å². The van der Waals surface area contributed by atoms with Crippen LogP contribution in [0.25, 0.3) is 10.7 Å². The number of ether oxygens (including phenoxy) is 3. The summed E-state index contributed by atoms with van der Waals surface area (Å²) in [5.41, 5.74) is -0.504. The van der Waals surface area contributed by atoms with E-state index in [4.69, 9.17) is 14.2 Å². The molecule has 2 aromatic heterocycles. The summed E-state index contributed by atoms with van der Waals surface area (Å²) in [5, 5.41) is 2.86. The quantitative estimate of drug-likeness (QED) is 0.408. The molecule has 0 unspecified atom stereocenters. The number of rotatable bonds is 7. The number of hydrogen-bond acceptors (Lipinski definition) is 11. The monoisotopic (exact) mass is 571 g/mol. The summed E-state index contributed by atoms with van der Waals surface area (Å²) in [7, 11) is 3.16. The van der Waals surface area contributed by atoms with Crippen molar-refractivity contribution in [3.05, 3.63) is 48.4 Å². The number of carbonyl (C=O) groups excluding carboxylic acids is 2. The molecular formula is C26H30FN7O5S. The Balaban J connectivity index is 1.67. The van der Waals surface area contributed by atoms with Gasteiger partial charge in [-0.05, 0) is 39.0 Å². The first-order chi connectivity index (χ1) is 18.9. The van der Waals surface area contributed by atoms with Gasteiger partial charge >= 0.3 is 12.1 Å². The van der Waals surface area contributed by atoms with E-state index in [9.17, 15) is 14.0 Å². The maximum absolute atomic E-state index is 14.9. The molecule has 40 heavy (non-hydrogen) atoms. The number of benzene rings is 1. The number of anilines is 2. The molecule has 1 aliphatic heterocycles. The van der Waals surface area contributed by atoms with E-state index in [0.29, 0.717) is 24.6 Å². The molecule has 212 valence electrons. The van der Waals surface area contributed by atoms with Crippen LogP contribution in [-0.4, -0.2) is 82.3 Å². The fourth-order valence-electron chi connectivity index (χ4n) is 3.60. The number of aromatic nitrogens is 4. The summed E-state index contributed by atoms with van der Waals surface area (Å²) in [4.78, 5) is 45.7. The molecule has 0 saturated carbocycles. The Morgan fingerprint density at radius 1 is 1.27 bits per heavy atom. The standard InChI is InChI=1S/C26H30FN7O5S/c1-7-16-14-37-11-10-34(16)22-29-20(19-13-28-24(40-19)32-25(36)39-26(2,3)4)30-23(31-22)38-18-9-8-15(12-17(18)27)21(35)33(5)6/h7-9,12-13,16H,1,10-11,14H2,2-6H3,(H,28,32,36)/t16-/m0/s1. The number of halogens is 1. The highest BCUT2D eigenvalue weighted by molar-refractivity contribution is 7.19. The topological polar surface area (TPSA) is 132 Å². The third-order valence-electron chi connectivity index (χ3n) is 5.42. The Morgan fingerprint density at radius 2 is 2.05 bits per heavy atom. The SMILES string of the molecule is C=C[C@H]1COCCN1c1nc(Oc2ccc(C(=O)N(C)C)cc2F)nc(-c2cnc(NC(=O)OC(C)(C)C)s2)n1. The molecule has 14 heteroatoms. The van der Waals surface area contributed by atoms with Crippen LogP contribution >= 0.6 is 11.3 Å². The smallest absolute Gasteiger partial charge is 0.413 e. The van der Waals surface area contributed by atoms with Crippen molar-refractivity contribution in [1.82, 2.24) is 24.8 Å². The third kappa shape index (κ3) is 7.07. The molecule has 2 amide bonds. The van der Waals surface area contributed by atoms with Gasteiger partial charge < -0.3 is 24.0 Å². The van der Waals surface area contributed by atoms with Crippen LogP contribution in [0.3, 0.4) is 0 Å². The van der Waals surface area contributed by atoms with Gasteiger partial charge in [0.2, 0.25) is 5.95 Å². The van der Waals surface area contributed by atoms with Crippen molar-refractivity contribution in [1.29, 1.82) is 0 Å². The van der Waals surface area contributed by atoms with Crippen LogP contribution in [0.4, 0.5) is 20.3 Å². The lowest BCUT2D eigenvalue weighted by molar-refractivity contribution is 0.0635. The summed E-state index contributed by atoms with van der Waals surface area (Å²) in [5.74, 6) is -0.809. The van der Waals surface area contributed by atoms with E-state index in [2.05, 4.69) is 31.8 Å². The lowest BCUT2D eigenvalue weighted by Gasteiger charge is -2.33. The van der Waals surface area contributed by atoms with Crippen molar-refractivity contribution >= 4 is 34.4 Å². The second-order valence-electron chi connectivity index (χ2n) is 9.92. The zero-order chi connectivity index (χ0) is 29.0. The van der Waals surface area contributed by atoms with Gasteiger partial charge in [-0.3, -0.25) is 10.1 Å². The molecule has 1 N–H and O–H groups in total. The molecule has 1 saturated heterocycles. The molecule has 0 aliphatic carbocycles. The van der Waals surface area contributed by atoms with E-state index >= 15 is 0 Å². The Kier molecular flexibility index (Phi) is 8.59. The summed E-state index contributed by atoms with van der Waals surface area (Å²) >= 11 is 1.12. The average molecular weight is 572 g/mol. The Hall–Kier alpha value is -4.17. The van der Waals surface area contributed by atoms with E-state index in [1.165, 1.54) is 23.2 Å². The first-order valence-electron chi connectivity index (χ1n) is 12.3. The maximum atomic E-state index is 14.9. The number of nitrogens with one attached hydrogen (secondary N) is 1. The van der Waals surface area contributed by atoms with E-state index in [1.54, 1.807) is 40.9 Å². The largest absolute Gasteiger partial charge is 0.444 e. The minimum atomic E-state index is -0.756. The van der Waals surface area contributed by atoms with Gasteiger partial charge in [0.15, 0.2) is 22.5 Å². The minimum absolute atomic E-state index is 0.169. The van der Waals surface area contributed by atoms with Crippen LogP contribution in [0.5, 0.6) is 11.8 Å². The normalized spacial score (nSPS) is 15.3. The zero-order valence-corrected chi connectivity index (χ0v) is 23.6. The Labute approximate surface area is 234 Å². The summed E-state index contributed by atoms with van der Waals surface area (Å²) in [6.07, 6.45) is 2.56. The van der Waals surface area contributed by atoms with Gasteiger partial charge in [0.05, 0.1) is 30.3 Å². The molecule has 3 aromatic rings. The van der Waals surface area contributed by atoms with Crippen LogP contribution in [0.2, 0.25) is 0 Å². The first kappa shape index (κ1) is 28.8. The summed E-state index contributed by atoms with van der Waals surface area (Å²) < 4.78 is 31.5. The summed E-state index contributed by atoms with van der Waals surface area (Å²) in [6, 6.07) is 3.50. The predicted octanol–water partition coefficient (Wildman–Crippen LogP) is 4.37. The average Bonchev–Trinajstić information content (AvgIpc) is 3.36. The molecule has 12 nitrogen and oxygen atoms in total. The molecule has 3 heterocycles. The minimum Gasteiger partial charge on any atom is -0.444 e. The molecule has 0 bridgehead atoms. The van der Waals surface area contributed by atoms with E-state index in [1.807, 2.05) is 4.90 Å². The van der Waals surface area contributed by atoms with Gasteiger partial charge in [-0.15, -0.1) is 6.58 Å². The molecule has 1 aliphatic rings. The van der Waals surface area contributed by atoms with Gasteiger partial charge in [0, 0.05) is 26.2 Å². The number of morpholine rings is 1. The molecule has 1 atom stereocenters. The summed E-state index contributed by atoms with van der Waals surface area (Å²) in [6.45, 7) is 10.4. The van der Waals surface area contributed by atoms with Crippen molar-refractivity contribution in [3.8, 4) is 22.5 Å². The fourth-order valence-corrected chi connectivity index (χ4v) is 4.33. The molecule has 1 fully saturated rings. The van der Waals surface area contributed by atoms with Crippen LogP contribution in [0.1, 0.15) is 31.1 Å². The van der Waals surface area contributed by atoms with Crippen LogP contribution < -0.4 is 15.0 Å². The van der Waals surface area contributed by atoms with E-state index < -0.39 is 17.5 Å². The predicted molar refractivity (Wildman–Crippen MR) is 147 cm³/mol. The van der Waals surface area contributed by atoms with Gasteiger partial charge in [-0.1, -0.05) is 17.4 Å². The highest BCUT2D eigenvalue weighted by atomic mass is 32.1. The highest BCUT2D eigenvalue weighted by Crippen LogP contribution is 2.31. The van der Waals surface area contributed by atoms with Crippen molar-refractivity contribution in [3.63, 3.8) is 0 Å². The lowest BCUT2D eigenvalue weighted by atomic mass is 10.2. The second kappa shape index (κ2) is 11.9. The van der Waals surface area contributed by atoms with Crippen LogP contribution in [0.15, 0.2) is 37.1 Å². The van der Waals surface area contributed by atoms with Crippen LogP contribution in [-0.2, 0) is 9.47 Å². The molecule has 0 spiro atoms. The van der Waals surface area contributed by atoms with Crippen molar-refractivity contribution < 1.29 is 28.2 Å². The Bertz CT molecular complexity index is 1410. The number of thiazole rings is 1. The van der Waals surface area contributed by atoms with Gasteiger partial charge in [-0.25, -0.2) is 14.2 Å². The first-order valence-corrected chi connectivity index (χ1v) is 13.1. The van der Waals surface area contributed by atoms with Gasteiger partial charge in [0.25, 0.3) is 5.91 Å². The zero-order valence-electron chi connectivity index (χ0n) is 22.8. The number of amides is 2.